The zero-order valence-corrected chi connectivity index (χ0v) is 10.6. The summed E-state index contributed by atoms with van der Waals surface area (Å²) in [4.78, 5) is 4.36. The largest absolute Gasteiger partial charge is 0.261 e. The lowest BCUT2D eigenvalue weighted by Gasteiger charge is -2.10. The topological polar surface area (TPSA) is 12.9 Å². The molecule has 0 aliphatic rings. The molecule has 1 atom stereocenters. The van der Waals surface area contributed by atoms with Crippen LogP contribution in [-0.4, -0.2) is 10.4 Å². The van der Waals surface area contributed by atoms with E-state index in [1.165, 1.54) is 12.0 Å². The monoisotopic (exact) mass is 225 g/mol. The Morgan fingerprint density at radius 3 is 2.53 bits per heavy atom. The number of aromatic nitrogens is 1. The van der Waals surface area contributed by atoms with E-state index in [-0.39, 0.29) is 5.38 Å². The molecule has 0 aromatic carbocycles. The van der Waals surface area contributed by atoms with Crippen molar-refractivity contribution >= 4 is 11.6 Å². The molecule has 2 heteroatoms. The highest BCUT2D eigenvalue weighted by Crippen LogP contribution is 2.15. The molecule has 0 radical (unpaired) electrons. The minimum Gasteiger partial charge on any atom is -0.261 e. The van der Waals surface area contributed by atoms with Crippen LogP contribution in [0.4, 0.5) is 0 Å². The van der Waals surface area contributed by atoms with Gasteiger partial charge in [-0.2, -0.15) is 0 Å². The fraction of sp³-hybridized carbons (Fsp3) is 0.615. The molecule has 0 aliphatic heterocycles. The van der Waals surface area contributed by atoms with E-state index in [9.17, 15) is 0 Å². The van der Waals surface area contributed by atoms with Crippen LogP contribution < -0.4 is 0 Å². The molecule has 0 N–H and O–H groups in total. The van der Waals surface area contributed by atoms with Gasteiger partial charge in [0.15, 0.2) is 0 Å². The second-order valence-electron chi connectivity index (χ2n) is 4.60. The van der Waals surface area contributed by atoms with Crippen LogP contribution in [0.1, 0.15) is 37.9 Å². The normalized spacial score (nSPS) is 13.1. The summed E-state index contributed by atoms with van der Waals surface area (Å²) in [5.74, 6) is 0.734. The fourth-order valence-electron chi connectivity index (χ4n) is 1.46. The van der Waals surface area contributed by atoms with E-state index < -0.39 is 0 Å². The lowest BCUT2D eigenvalue weighted by atomic mass is 10.0. The summed E-state index contributed by atoms with van der Waals surface area (Å²) in [6, 6.07) is 4.16. The van der Waals surface area contributed by atoms with Crippen molar-refractivity contribution in [2.75, 3.05) is 0 Å². The lowest BCUT2D eigenvalue weighted by Crippen LogP contribution is -2.06. The van der Waals surface area contributed by atoms with Gasteiger partial charge in [0, 0.05) is 23.7 Å². The van der Waals surface area contributed by atoms with Gasteiger partial charge in [-0.15, -0.1) is 11.6 Å². The van der Waals surface area contributed by atoms with Crippen molar-refractivity contribution in [1.29, 1.82) is 0 Å². The van der Waals surface area contributed by atoms with Crippen molar-refractivity contribution in [3.63, 3.8) is 0 Å². The van der Waals surface area contributed by atoms with Gasteiger partial charge < -0.3 is 0 Å². The van der Waals surface area contributed by atoms with Gasteiger partial charge in [0.1, 0.15) is 0 Å². The molecule has 1 heterocycles. The third-order valence-corrected chi connectivity index (χ3v) is 2.83. The molecule has 0 saturated heterocycles. The molecule has 1 aromatic heterocycles. The highest BCUT2D eigenvalue weighted by atomic mass is 35.5. The Hall–Kier alpha value is -0.560. The number of alkyl halides is 1. The average molecular weight is 226 g/mol. The second kappa shape index (κ2) is 6.12. The van der Waals surface area contributed by atoms with E-state index >= 15 is 0 Å². The minimum atomic E-state index is 0.225. The zero-order chi connectivity index (χ0) is 11.3. The van der Waals surface area contributed by atoms with Crippen molar-refractivity contribution in [2.24, 2.45) is 5.92 Å². The number of hydrogen-bond acceptors (Lipinski definition) is 1. The highest BCUT2D eigenvalue weighted by Gasteiger charge is 2.07. The number of hydrogen-bond donors (Lipinski definition) is 0. The summed E-state index contributed by atoms with van der Waals surface area (Å²) in [6.07, 6.45) is 5.06. The molecule has 15 heavy (non-hydrogen) atoms. The number of aryl methyl sites for hydroxylation is 1. The van der Waals surface area contributed by atoms with Crippen LogP contribution in [-0.2, 0) is 6.42 Å². The SMILES string of the molecule is Cc1ccc(CC(Cl)CCC(C)C)nc1. The summed E-state index contributed by atoms with van der Waals surface area (Å²) in [5.41, 5.74) is 2.30. The molecule has 0 fully saturated rings. The van der Waals surface area contributed by atoms with Crippen LogP contribution in [0, 0.1) is 12.8 Å². The first-order valence-electron chi connectivity index (χ1n) is 5.63. The van der Waals surface area contributed by atoms with E-state index in [0.29, 0.717) is 0 Å². The molecular weight excluding hydrogens is 206 g/mol. The van der Waals surface area contributed by atoms with Crippen molar-refractivity contribution in [3.8, 4) is 0 Å². The molecule has 1 rings (SSSR count). The highest BCUT2D eigenvalue weighted by molar-refractivity contribution is 6.20. The first-order valence-corrected chi connectivity index (χ1v) is 6.07. The van der Waals surface area contributed by atoms with Gasteiger partial charge in [-0.25, -0.2) is 0 Å². The Labute approximate surface area is 97.9 Å². The molecule has 0 saturated carbocycles. The molecule has 1 nitrogen and oxygen atoms in total. The summed E-state index contributed by atoms with van der Waals surface area (Å²) >= 11 is 6.26. The molecule has 0 amide bonds. The summed E-state index contributed by atoms with van der Waals surface area (Å²) in [6.45, 7) is 6.51. The maximum Gasteiger partial charge on any atom is 0.0418 e. The maximum atomic E-state index is 6.26. The number of nitrogens with zero attached hydrogens (tertiary/aromatic N) is 1. The fourth-order valence-corrected chi connectivity index (χ4v) is 1.75. The van der Waals surface area contributed by atoms with Gasteiger partial charge in [0.25, 0.3) is 0 Å². The maximum absolute atomic E-state index is 6.26. The summed E-state index contributed by atoms with van der Waals surface area (Å²) < 4.78 is 0. The summed E-state index contributed by atoms with van der Waals surface area (Å²) in [5, 5.41) is 0.225. The van der Waals surface area contributed by atoms with Gasteiger partial charge >= 0.3 is 0 Å². The molecule has 0 spiro atoms. The smallest absolute Gasteiger partial charge is 0.0418 e. The quantitative estimate of drug-likeness (QED) is 0.691. The predicted octanol–water partition coefficient (Wildman–Crippen LogP) is 3.98. The van der Waals surface area contributed by atoms with Gasteiger partial charge in [-0.05, 0) is 37.3 Å². The van der Waals surface area contributed by atoms with Crippen LogP contribution >= 0.6 is 11.6 Å². The van der Waals surface area contributed by atoms with Crippen LogP contribution in [0.25, 0.3) is 0 Å². The molecule has 0 bridgehead atoms. The van der Waals surface area contributed by atoms with Crippen molar-refractivity contribution < 1.29 is 0 Å². The Morgan fingerprint density at radius 2 is 2.00 bits per heavy atom. The van der Waals surface area contributed by atoms with Crippen molar-refractivity contribution in [3.05, 3.63) is 29.6 Å². The van der Waals surface area contributed by atoms with Crippen LogP contribution in [0.3, 0.4) is 0 Å². The third-order valence-electron chi connectivity index (χ3n) is 2.46. The van der Waals surface area contributed by atoms with Gasteiger partial charge in [0.05, 0.1) is 0 Å². The first kappa shape index (κ1) is 12.5. The first-order chi connectivity index (χ1) is 7.08. The van der Waals surface area contributed by atoms with Crippen LogP contribution in [0.5, 0.6) is 0 Å². The molecule has 1 unspecified atom stereocenters. The van der Waals surface area contributed by atoms with E-state index in [1.807, 2.05) is 13.1 Å². The Morgan fingerprint density at radius 1 is 1.27 bits per heavy atom. The van der Waals surface area contributed by atoms with Crippen LogP contribution in [0.15, 0.2) is 18.3 Å². The number of pyridine rings is 1. The number of rotatable bonds is 5. The molecule has 0 aliphatic carbocycles. The van der Waals surface area contributed by atoms with Gasteiger partial charge in [-0.1, -0.05) is 19.9 Å². The third kappa shape index (κ3) is 5.17. The Kier molecular flexibility index (Phi) is 5.10. The Bertz CT molecular complexity index is 279. The number of halogens is 1. The van der Waals surface area contributed by atoms with E-state index in [1.54, 1.807) is 0 Å². The Balaban J connectivity index is 2.37. The minimum absolute atomic E-state index is 0.225. The second-order valence-corrected chi connectivity index (χ2v) is 5.22. The van der Waals surface area contributed by atoms with E-state index in [0.717, 1.165) is 24.5 Å². The molecule has 1 aromatic rings. The van der Waals surface area contributed by atoms with E-state index in [2.05, 4.69) is 31.0 Å². The lowest BCUT2D eigenvalue weighted by molar-refractivity contribution is 0.540. The van der Waals surface area contributed by atoms with Crippen molar-refractivity contribution in [2.45, 2.75) is 45.4 Å². The van der Waals surface area contributed by atoms with Crippen molar-refractivity contribution in [1.82, 2.24) is 4.98 Å². The van der Waals surface area contributed by atoms with Crippen LogP contribution in [0.2, 0.25) is 0 Å². The predicted molar refractivity (Wildman–Crippen MR) is 66.4 cm³/mol. The van der Waals surface area contributed by atoms with E-state index in [4.69, 9.17) is 11.6 Å². The molecule has 84 valence electrons. The zero-order valence-electron chi connectivity index (χ0n) is 9.83. The van der Waals surface area contributed by atoms with Gasteiger partial charge in [-0.3, -0.25) is 4.98 Å². The van der Waals surface area contributed by atoms with Gasteiger partial charge in [0.2, 0.25) is 0 Å². The standard InChI is InChI=1S/C13H20ClN/c1-10(2)4-6-12(14)8-13-7-5-11(3)9-15-13/h5,7,9-10,12H,4,6,8H2,1-3H3. The molecular formula is C13H20ClN. The summed E-state index contributed by atoms with van der Waals surface area (Å²) in [7, 11) is 0. The average Bonchev–Trinajstić information content (AvgIpc) is 2.19.